The van der Waals surface area contributed by atoms with Crippen molar-refractivity contribution in [2.75, 3.05) is 17.2 Å². The summed E-state index contributed by atoms with van der Waals surface area (Å²) in [6.45, 7) is 1.64. The summed E-state index contributed by atoms with van der Waals surface area (Å²) in [7, 11) is 0. The van der Waals surface area contributed by atoms with E-state index in [9.17, 15) is 9.59 Å². The number of amides is 2. The molecule has 0 fully saturated rings. The molecule has 0 unspecified atom stereocenters. The number of ether oxygens (including phenoxy) is 1. The number of benzene rings is 2. The van der Waals surface area contributed by atoms with Gasteiger partial charge in [0.25, 0.3) is 5.91 Å². The summed E-state index contributed by atoms with van der Waals surface area (Å²) < 4.78 is 5.38. The average Bonchev–Trinajstić information content (AvgIpc) is 2.59. The summed E-state index contributed by atoms with van der Waals surface area (Å²) in [5.41, 5.74) is 0.911. The van der Waals surface area contributed by atoms with E-state index in [0.717, 1.165) is 6.42 Å². The van der Waals surface area contributed by atoms with Crippen LogP contribution in [-0.2, 0) is 9.59 Å². The summed E-state index contributed by atoms with van der Waals surface area (Å²) in [4.78, 5) is 23.8. The van der Waals surface area contributed by atoms with E-state index >= 15 is 0 Å². The van der Waals surface area contributed by atoms with Crippen LogP contribution in [0.3, 0.4) is 0 Å². The molecule has 0 aromatic heterocycles. The number of nitrogens with one attached hydrogen (secondary N) is 2. The predicted molar refractivity (Wildman–Crippen MR) is 106 cm³/mol. The molecule has 0 saturated heterocycles. The van der Waals surface area contributed by atoms with Gasteiger partial charge in [-0.05, 0) is 36.8 Å². The Morgan fingerprint density at radius 3 is 2.42 bits per heavy atom. The first-order valence-electron chi connectivity index (χ1n) is 7.86. The minimum absolute atomic E-state index is 0.106. The smallest absolute Gasteiger partial charge is 0.262 e. The van der Waals surface area contributed by atoms with Crippen LogP contribution in [-0.4, -0.2) is 18.4 Å². The second-order valence-corrected chi connectivity index (χ2v) is 6.66. The van der Waals surface area contributed by atoms with E-state index in [1.165, 1.54) is 6.07 Å². The number of halogens is 3. The lowest BCUT2D eigenvalue weighted by Gasteiger charge is -2.12. The quantitative estimate of drug-likeness (QED) is 0.636. The Morgan fingerprint density at radius 2 is 1.69 bits per heavy atom. The first kappa shape index (κ1) is 20.4. The van der Waals surface area contributed by atoms with E-state index in [4.69, 9.17) is 39.5 Å². The van der Waals surface area contributed by atoms with Crippen LogP contribution >= 0.6 is 34.8 Å². The molecular formula is C18H17Cl3N2O3. The molecule has 2 amide bonds. The van der Waals surface area contributed by atoms with Crippen molar-refractivity contribution in [3.8, 4) is 5.75 Å². The van der Waals surface area contributed by atoms with Crippen LogP contribution in [0.2, 0.25) is 15.1 Å². The third kappa shape index (κ3) is 6.09. The Kier molecular flexibility index (Phi) is 7.57. The topological polar surface area (TPSA) is 67.4 Å². The number of rotatable bonds is 7. The van der Waals surface area contributed by atoms with Gasteiger partial charge in [-0.25, -0.2) is 0 Å². The van der Waals surface area contributed by atoms with E-state index in [-0.39, 0.29) is 12.5 Å². The lowest BCUT2D eigenvalue weighted by molar-refractivity contribution is -0.118. The molecule has 0 atom stereocenters. The number of anilines is 2. The van der Waals surface area contributed by atoms with Crippen LogP contribution in [0, 0.1) is 0 Å². The van der Waals surface area contributed by atoms with Gasteiger partial charge in [-0.3, -0.25) is 9.59 Å². The van der Waals surface area contributed by atoms with Crippen molar-refractivity contribution < 1.29 is 14.3 Å². The molecule has 0 bridgehead atoms. The lowest BCUT2D eigenvalue weighted by Crippen LogP contribution is -2.20. The van der Waals surface area contributed by atoms with Crippen LogP contribution in [0.15, 0.2) is 36.4 Å². The summed E-state index contributed by atoms with van der Waals surface area (Å²) >= 11 is 18.0. The highest BCUT2D eigenvalue weighted by molar-refractivity contribution is 6.34. The van der Waals surface area contributed by atoms with E-state index in [0.29, 0.717) is 38.6 Å². The zero-order valence-electron chi connectivity index (χ0n) is 13.9. The third-order valence-electron chi connectivity index (χ3n) is 3.25. The zero-order valence-corrected chi connectivity index (χ0v) is 16.2. The van der Waals surface area contributed by atoms with Gasteiger partial charge in [0.1, 0.15) is 5.75 Å². The van der Waals surface area contributed by atoms with Crippen molar-refractivity contribution in [3.63, 3.8) is 0 Å². The fourth-order valence-corrected chi connectivity index (χ4v) is 2.57. The number of hydrogen-bond acceptors (Lipinski definition) is 3. The maximum Gasteiger partial charge on any atom is 0.262 e. The molecule has 2 aromatic carbocycles. The van der Waals surface area contributed by atoms with Crippen molar-refractivity contribution >= 4 is 58.0 Å². The minimum atomic E-state index is -0.431. The van der Waals surface area contributed by atoms with Crippen molar-refractivity contribution in [1.29, 1.82) is 0 Å². The van der Waals surface area contributed by atoms with Gasteiger partial charge in [-0.15, -0.1) is 0 Å². The Balaban J connectivity index is 1.99. The average molecular weight is 416 g/mol. The van der Waals surface area contributed by atoms with Gasteiger partial charge in [0.2, 0.25) is 5.91 Å². The van der Waals surface area contributed by atoms with Crippen molar-refractivity contribution in [1.82, 2.24) is 0 Å². The monoisotopic (exact) mass is 414 g/mol. The van der Waals surface area contributed by atoms with E-state index < -0.39 is 5.91 Å². The van der Waals surface area contributed by atoms with Gasteiger partial charge in [-0.1, -0.05) is 41.7 Å². The predicted octanol–water partition coefficient (Wildman–Crippen LogP) is 5.40. The van der Waals surface area contributed by atoms with Crippen LogP contribution < -0.4 is 15.4 Å². The molecular weight excluding hydrogens is 399 g/mol. The molecule has 2 N–H and O–H groups in total. The number of carbonyl (C=O) groups is 2. The highest BCUT2D eigenvalue weighted by atomic mass is 35.5. The summed E-state index contributed by atoms with van der Waals surface area (Å²) in [6, 6.07) is 9.56. The summed E-state index contributed by atoms with van der Waals surface area (Å²) in [5.74, 6) is -0.230. The molecule has 0 aliphatic rings. The van der Waals surface area contributed by atoms with Crippen LogP contribution in [0.25, 0.3) is 0 Å². The van der Waals surface area contributed by atoms with Crippen molar-refractivity contribution in [2.24, 2.45) is 0 Å². The van der Waals surface area contributed by atoms with Crippen LogP contribution in [0.4, 0.5) is 11.4 Å². The van der Waals surface area contributed by atoms with Crippen molar-refractivity contribution in [3.05, 3.63) is 51.5 Å². The van der Waals surface area contributed by atoms with Gasteiger partial charge >= 0.3 is 0 Å². The van der Waals surface area contributed by atoms with Crippen molar-refractivity contribution in [2.45, 2.75) is 19.8 Å². The molecule has 0 radical (unpaired) electrons. The zero-order chi connectivity index (χ0) is 19.1. The Hall–Kier alpha value is -1.95. The minimum Gasteiger partial charge on any atom is -0.482 e. The molecule has 0 spiro atoms. The second kappa shape index (κ2) is 9.67. The molecule has 26 heavy (non-hydrogen) atoms. The third-order valence-corrected chi connectivity index (χ3v) is 4.13. The Labute approximate surface area is 166 Å². The standard InChI is InChI=1S/C18H17Cl3N2O3/c1-2-3-17(24)22-12-5-7-13(20)15(9-12)23-18(25)10-26-16-8-11(19)4-6-14(16)21/h4-9H,2-3,10H2,1H3,(H,22,24)(H,23,25). The number of hydrogen-bond donors (Lipinski definition) is 2. The largest absolute Gasteiger partial charge is 0.482 e. The Bertz CT molecular complexity index is 812. The number of carbonyl (C=O) groups excluding carboxylic acids is 2. The highest BCUT2D eigenvalue weighted by Gasteiger charge is 2.11. The second-order valence-electron chi connectivity index (χ2n) is 5.40. The van der Waals surface area contributed by atoms with Crippen LogP contribution in [0.5, 0.6) is 5.75 Å². The van der Waals surface area contributed by atoms with Gasteiger partial charge in [0.05, 0.1) is 15.7 Å². The van der Waals surface area contributed by atoms with Gasteiger partial charge in [-0.2, -0.15) is 0 Å². The molecule has 2 aromatic rings. The summed E-state index contributed by atoms with van der Waals surface area (Å²) in [5, 5.41) is 6.52. The van der Waals surface area contributed by atoms with E-state index in [1.54, 1.807) is 30.3 Å². The van der Waals surface area contributed by atoms with E-state index in [2.05, 4.69) is 10.6 Å². The fraction of sp³-hybridized carbons (Fsp3) is 0.222. The molecule has 0 saturated carbocycles. The Morgan fingerprint density at radius 1 is 0.962 bits per heavy atom. The van der Waals surface area contributed by atoms with E-state index in [1.807, 2.05) is 6.92 Å². The molecule has 2 rings (SSSR count). The van der Waals surface area contributed by atoms with Gasteiger partial charge in [0.15, 0.2) is 6.61 Å². The molecule has 5 nitrogen and oxygen atoms in total. The van der Waals surface area contributed by atoms with Crippen LogP contribution in [0.1, 0.15) is 19.8 Å². The maximum absolute atomic E-state index is 12.1. The lowest BCUT2D eigenvalue weighted by atomic mass is 10.2. The molecule has 0 aliphatic carbocycles. The van der Waals surface area contributed by atoms with Gasteiger partial charge < -0.3 is 15.4 Å². The molecule has 0 heterocycles. The SMILES string of the molecule is CCCC(=O)Nc1ccc(Cl)c(NC(=O)COc2cc(Cl)ccc2Cl)c1. The fourth-order valence-electron chi connectivity index (χ4n) is 2.07. The maximum atomic E-state index is 12.1. The molecule has 138 valence electrons. The molecule has 8 heteroatoms. The molecule has 0 aliphatic heterocycles. The van der Waals surface area contributed by atoms with Gasteiger partial charge in [0, 0.05) is 23.2 Å². The highest BCUT2D eigenvalue weighted by Crippen LogP contribution is 2.28. The summed E-state index contributed by atoms with van der Waals surface area (Å²) in [6.07, 6.45) is 1.16. The first-order valence-corrected chi connectivity index (χ1v) is 8.99. The normalized spacial score (nSPS) is 10.3. The first-order chi connectivity index (χ1) is 12.4.